The molecule has 8 heteroatoms. The lowest BCUT2D eigenvalue weighted by atomic mass is 9.91. The third-order valence-electron chi connectivity index (χ3n) is 3.98. The van der Waals surface area contributed by atoms with Gasteiger partial charge in [-0.3, -0.25) is 14.8 Å². The van der Waals surface area contributed by atoms with Crippen LogP contribution in [0.25, 0.3) is 0 Å². The molecule has 0 aromatic carbocycles. The van der Waals surface area contributed by atoms with Crippen LogP contribution in [0.2, 0.25) is 0 Å². The molecule has 1 aliphatic rings. The van der Waals surface area contributed by atoms with Gasteiger partial charge in [0.05, 0.1) is 11.0 Å². The number of hydrogen-bond donors (Lipinski definition) is 1. The van der Waals surface area contributed by atoms with Gasteiger partial charge < -0.3 is 10.1 Å². The van der Waals surface area contributed by atoms with Crippen LogP contribution < -0.4 is 5.32 Å². The number of alkyl carbamates (subject to hydrolysis) is 1. The second-order valence-corrected chi connectivity index (χ2v) is 6.97. The van der Waals surface area contributed by atoms with Crippen molar-refractivity contribution in [2.24, 2.45) is 0 Å². The number of amides is 1. The number of rotatable bonds is 3. The van der Waals surface area contributed by atoms with Gasteiger partial charge in [-0.1, -0.05) is 0 Å². The second-order valence-electron chi connectivity index (χ2n) is 6.97. The molecule has 0 aliphatic heterocycles. The summed E-state index contributed by atoms with van der Waals surface area (Å²) in [6, 6.07) is 0.215. The van der Waals surface area contributed by atoms with E-state index in [1.807, 2.05) is 20.8 Å². The Bertz CT molecular complexity index is 583. The summed E-state index contributed by atoms with van der Waals surface area (Å²) in [7, 11) is 0. The lowest BCUT2D eigenvalue weighted by Gasteiger charge is -2.30. The molecule has 23 heavy (non-hydrogen) atoms. The third-order valence-corrected chi connectivity index (χ3v) is 3.98. The van der Waals surface area contributed by atoms with Gasteiger partial charge in [-0.2, -0.15) is 5.10 Å². The first-order valence-corrected chi connectivity index (χ1v) is 7.85. The first kappa shape index (κ1) is 17.2. The van der Waals surface area contributed by atoms with Crippen LogP contribution in [0.5, 0.6) is 0 Å². The predicted molar refractivity (Wildman–Crippen MR) is 84.3 cm³/mol. The van der Waals surface area contributed by atoms with Gasteiger partial charge in [0.1, 0.15) is 17.5 Å². The Kier molecular flexibility index (Phi) is 4.91. The van der Waals surface area contributed by atoms with Gasteiger partial charge in [0, 0.05) is 6.04 Å². The van der Waals surface area contributed by atoms with E-state index in [1.165, 1.54) is 6.20 Å². The molecule has 1 saturated carbocycles. The number of carbonyl (C=O) groups is 1. The minimum Gasteiger partial charge on any atom is -0.444 e. The predicted octanol–water partition coefficient (Wildman–Crippen LogP) is 3.11. The average molecular weight is 324 g/mol. The standard InChI is InChI=1S/C15H24N4O4/c1-10-13(19(21)22)9-16-18(10)12-7-5-11(6-8-12)17-14(20)23-15(2,3)4/h9,11-12H,5-8H2,1-4H3,(H,17,20)/t11-,12+. The molecule has 1 N–H and O–H groups in total. The van der Waals surface area contributed by atoms with Crippen molar-refractivity contribution < 1.29 is 14.5 Å². The second kappa shape index (κ2) is 6.55. The largest absolute Gasteiger partial charge is 0.444 e. The minimum atomic E-state index is -0.508. The lowest BCUT2D eigenvalue weighted by molar-refractivity contribution is -0.385. The lowest BCUT2D eigenvalue weighted by Crippen LogP contribution is -2.41. The maximum absolute atomic E-state index is 11.8. The van der Waals surface area contributed by atoms with E-state index in [0.717, 1.165) is 25.7 Å². The molecule has 1 amide bonds. The van der Waals surface area contributed by atoms with Crippen molar-refractivity contribution in [3.05, 3.63) is 22.0 Å². The zero-order chi connectivity index (χ0) is 17.2. The van der Waals surface area contributed by atoms with Gasteiger partial charge >= 0.3 is 11.8 Å². The molecule has 0 bridgehead atoms. The highest BCUT2D eigenvalue weighted by Gasteiger charge is 2.28. The van der Waals surface area contributed by atoms with E-state index in [9.17, 15) is 14.9 Å². The Balaban J connectivity index is 1.89. The van der Waals surface area contributed by atoms with Crippen molar-refractivity contribution in [1.29, 1.82) is 0 Å². The van der Waals surface area contributed by atoms with Crippen LogP contribution in [0.3, 0.4) is 0 Å². The Labute approximate surface area is 135 Å². The van der Waals surface area contributed by atoms with Crippen molar-refractivity contribution in [2.75, 3.05) is 0 Å². The molecule has 2 rings (SSSR count). The number of nitrogens with zero attached hydrogens (tertiary/aromatic N) is 3. The molecule has 0 spiro atoms. The van der Waals surface area contributed by atoms with Crippen LogP contribution in [0.15, 0.2) is 6.20 Å². The molecular weight excluding hydrogens is 300 g/mol. The van der Waals surface area contributed by atoms with E-state index in [2.05, 4.69) is 10.4 Å². The van der Waals surface area contributed by atoms with Crippen LogP contribution in [0, 0.1) is 17.0 Å². The smallest absolute Gasteiger partial charge is 0.407 e. The molecule has 0 atom stereocenters. The van der Waals surface area contributed by atoms with E-state index in [4.69, 9.17) is 4.74 Å². The van der Waals surface area contributed by atoms with Gasteiger partial charge in [0.25, 0.3) is 0 Å². The molecular formula is C15H24N4O4. The highest BCUT2D eigenvalue weighted by Crippen LogP contribution is 2.31. The van der Waals surface area contributed by atoms with Crippen molar-refractivity contribution in [3.8, 4) is 0 Å². The van der Waals surface area contributed by atoms with Crippen molar-refractivity contribution in [1.82, 2.24) is 15.1 Å². The maximum Gasteiger partial charge on any atom is 0.407 e. The fourth-order valence-corrected chi connectivity index (χ4v) is 2.90. The zero-order valence-corrected chi connectivity index (χ0v) is 14.0. The molecule has 0 radical (unpaired) electrons. The van der Waals surface area contributed by atoms with Crippen LogP contribution in [-0.2, 0) is 4.74 Å². The summed E-state index contributed by atoms with van der Waals surface area (Å²) in [4.78, 5) is 22.3. The molecule has 1 aliphatic carbocycles. The average Bonchev–Trinajstić information content (AvgIpc) is 2.79. The number of aromatic nitrogens is 2. The zero-order valence-electron chi connectivity index (χ0n) is 14.0. The Morgan fingerprint density at radius 2 is 2.00 bits per heavy atom. The van der Waals surface area contributed by atoms with E-state index < -0.39 is 16.6 Å². The fraction of sp³-hybridized carbons (Fsp3) is 0.733. The monoisotopic (exact) mass is 324 g/mol. The molecule has 0 saturated heterocycles. The van der Waals surface area contributed by atoms with Gasteiger partial charge in [-0.15, -0.1) is 0 Å². The number of nitrogens with one attached hydrogen (secondary N) is 1. The Morgan fingerprint density at radius 3 is 2.48 bits per heavy atom. The summed E-state index contributed by atoms with van der Waals surface area (Å²) >= 11 is 0. The van der Waals surface area contributed by atoms with E-state index in [-0.39, 0.29) is 17.8 Å². The van der Waals surface area contributed by atoms with Crippen LogP contribution in [0.1, 0.15) is 58.2 Å². The summed E-state index contributed by atoms with van der Waals surface area (Å²) in [5.41, 5.74) is 0.129. The summed E-state index contributed by atoms with van der Waals surface area (Å²) in [6.07, 6.45) is 4.15. The topological polar surface area (TPSA) is 99.3 Å². The summed E-state index contributed by atoms with van der Waals surface area (Å²) in [6.45, 7) is 7.21. The fourth-order valence-electron chi connectivity index (χ4n) is 2.90. The third kappa shape index (κ3) is 4.43. The van der Waals surface area contributed by atoms with Crippen molar-refractivity contribution in [3.63, 3.8) is 0 Å². The van der Waals surface area contributed by atoms with Gasteiger partial charge in [-0.25, -0.2) is 4.79 Å². The van der Waals surface area contributed by atoms with E-state index in [1.54, 1.807) is 11.6 Å². The van der Waals surface area contributed by atoms with Gasteiger partial charge in [0.2, 0.25) is 0 Å². The van der Waals surface area contributed by atoms with Crippen LogP contribution in [0.4, 0.5) is 10.5 Å². The molecule has 1 fully saturated rings. The Morgan fingerprint density at radius 1 is 1.39 bits per heavy atom. The number of nitro groups is 1. The van der Waals surface area contributed by atoms with Crippen molar-refractivity contribution >= 4 is 11.8 Å². The first-order valence-electron chi connectivity index (χ1n) is 7.85. The van der Waals surface area contributed by atoms with Gasteiger partial charge in [-0.05, 0) is 53.4 Å². The first-order chi connectivity index (χ1) is 10.7. The number of carbonyl (C=O) groups excluding carboxylic acids is 1. The molecule has 1 heterocycles. The normalized spacial score (nSPS) is 21.7. The maximum atomic E-state index is 11.8. The minimum absolute atomic E-state index is 0.0546. The van der Waals surface area contributed by atoms with E-state index >= 15 is 0 Å². The Hall–Kier alpha value is -2.12. The van der Waals surface area contributed by atoms with Crippen LogP contribution >= 0.6 is 0 Å². The summed E-state index contributed by atoms with van der Waals surface area (Å²) in [5.74, 6) is 0. The van der Waals surface area contributed by atoms with Gasteiger partial charge in [0.15, 0.2) is 0 Å². The quantitative estimate of drug-likeness (QED) is 0.680. The summed E-state index contributed by atoms with van der Waals surface area (Å²) < 4.78 is 7.00. The highest BCUT2D eigenvalue weighted by molar-refractivity contribution is 5.68. The van der Waals surface area contributed by atoms with Crippen LogP contribution in [-0.4, -0.2) is 32.4 Å². The summed E-state index contributed by atoms with van der Waals surface area (Å²) in [5, 5.41) is 17.9. The van der Waals surface area contributed by atoms with E-state index in [0.29, 0.717) is 5.69 Å². The number of hydrogen-bond acceptors (Lipinski definition) is 5. The molecule has 1 aromatic rings. The SMILES string of the molecule is Cc1c([N+](=O)[O-])cnn1[C@H]1CC[C@@H](NC(=O)OC(C)(C)C)CC1. The van der Waals surface area contributed by atoms with Crippen molar-refractivity contribution in [2.45, 2.75) is 71.1 Å². The molecule has 128 valence electrons. The highest BCUT2D eigenvalue weighted by atomic mass is 16.6. The molecule has 8 nitrogen and oxygen atoms in total. The molecule has 0 unspecified atom stereocenters. The molecule has 1 aromatic heterocycles. The number of ether oxygens (including phenoxy) is 1.